The Balaban J connectivity index is 1.98. The first kappa shape index (κ1) is 13.2. The molecule has 2 N–H and O–H groups in total. The van der Waals surface area contributed by atoms with E-state index in [1.54, 1.807) is 6.92 Å². The zero-order valence-corrected chi connectivity index (χ0v) is 11.6. The van der Waals surface area contributed by atoms with Gasteiger partial charge in [0.15, 0.2) is 0 Å². The predicted molar refractivity (Wildman–Crippen MR) is 71.7 cm³/mol. The number of rotatable bonds is 2. The van der Waals surface area contributed by atoms with E-state index in [0.717, 1.165) is 37.0 Å². The molecule has 2 rings (SSSR count). The second-order valence-corrected chi connectivity index (χ2v) is 5.31. The lowest BCUT2D eigenvalue weighted by atomic mass is 10.3. The minimum absolute atomic E-state index is 0.0327. The standard InChI is InChI=1S/C11H19N5OS/c1-8(12)10(17)15-4-3-5-16(7-6-15)11-13-9(2)14-18-11/h8H,3-7,12H2,1-2H3/t8-/m1/s1. The van der Waals surface area contributed by atoms with Gasteiger partial charge in [0.25, 0.3) is 0 Å². The molecule has 1 saturated heterocycles. The summed E-state index contributed by atoms with van der Waals surface area (Å²) < 4.78 is 4.19. The summed E-state index contributed by atoms with van der Waals surface area (Å²) in [5.41, 5.74) is 5.64. The SMILES string of the molecule is Cc1nsc(N2CCCN(C(=O)[C@@H](C)N)CC2)n1. The van der Waals surface area contributed by atoms with Gasteiger partial charge < -0.3 is 15.5 Å². The van der Waals surface area contributed by atoms with E-state index in [-0.39, 0.29) is 5.91 Å². The first-order valence-corrected chi connectivity index (χ1v) is 6.95. The summed E-state index contributed by atoms with van der Waals surface area (Å²) in [6.07, 6.45) is 0.942. The highest BCUT2D eigenvalue weighted by Gasteiger charge is 2.22. The summed E-state index contributed by atoms with van der Waals surface area (Å²) in [5.74, 6) is 0.841. The Morgan fingerprint density at radius 2 is 2.17 bits per heavy atom. The molecule has 0 radical (unpaired) electrons. The van der Waals surface area contributed by atoms with Crippen LogP contribution in [-0.2, 0) is 4.79 Å². The van der Waals surface area contributed by atoms with E-state index in [2.05, 4.69) is 14.3 Å². The van der Waals surface area contributed by atoms with Crippen molar-refractivity contribution in [3.8, 4) is 0 Å². The maximum atomic E-state index is 11.9. The number of amides is 1. The molecular weight excluding hydrogens is 250 g/mol. The van der Waals surface area contributed by atoms with Gasteiger partial charge in [-0.3, -0.25) is 4.79 Å². The van der Waals surface area contributed by atoms with Crippen LogP contribution in [0.5, 0.6) is 0 Å². The molecule has 0 saturated carbocycles. The largest absolute Gasteiger partial charge is 0.345 e. The highest BCUT2D eigenvalue weighted by atomic mass is 32.1. The van der Waals surface area contributed by atoms with Gasteiger partial charge in [-0.15, -0.1) is 0 Å². The fourth-order valence-corrected chi connectivity index (χ4v) is 2.76. The molecule has 0 spiro atoms. The van der Waals surface area contributed by atoms with Gasteiger partial charge in [-0.2, -0.15) is 4.37 Å². The van der Waals surface area contributed by atoms with E-state index >= 15 is 0 Å². The lowest BCUT2D eigenvalue weighted by Crippen LogP contribution is -2.43. The molecule has 1 amide bonds. The topological polar surface area (TPSA) is 75.4 Å². The number of anilines is 1. The summed E-state index contributed by atoms with van der Waals surface area (Å²) in [6, 6.07) is -0.416. The van der Waals surface area contributed by atoms with Crippen molar-refractivity contribution >= 4 is 22.6 Å². The summed E-state index contributed by atoms with van der Waals surface area (Å²) >= 11 is 1.42. The number of carbonyl (C=O) groups excluding carboxylic acids is 1. The van der Waals surface area contributed by atoms with Crippen LogP contribution in [0.2, 0.25) is 0 Å². The van der Waals surface area contributed by atoms with Gasteiger partial charge in [0.1, 0.15) is 5.82 Å². The normalized spacial score (nSPS) is 18.6. The number of carbonyl (C=O) groups is 1. The van der Waals surface area contributed by atoms with Crippen LogP contribution in [0, 0.1) is 6.92 Å². The van der Waals surface area contributed by atoms with Gasteiger partial charge in [-0.1, -0.05) is 0 Å². The summed E-state index contributed by atoms with van der Waals surface area (Å²) in [5, 5.41) is 0.947. The van der Waals surface area contributed by atoms with Crippen molar-refractivity contribution in [2.75, 3.05) is 31.1 Å². The molecule has 7 heteroatoms. The van der Waals surface area contributed by atoms with E-state index in [1.807, 2.05) is 11.8 Å². The number of aromatic nitrogens is 2. The molecule has 6 nitrogen and oxygen atoms in total. The molecule has 1 atom stereocenters. The third kappa shape index (κ3) is 2.97. The van der Waals surface area contributed by atoms with Crippen molar-refractivity contribution in [1.82, 2.24) is 14.3 Å². The van der Waals surface area contributed by atoms with Crippen LogP contribution >= 0.6 is 11.5 Å². The third-order valence-electron chi connectivity index (χ3n) is 2.98. The van der Waals surface area contributed by atoms with E-state index in [1.165, 1.54) is 11.5 Å². The molecule has 0 bridgehead atoms. The second kappa shape index (κ2) is 5.62. The molecule has 0 aromatic carbocycles. The van der Waals surface area contributed by atoms with Crippen molar-refractivity contribution in [3.05, 3.63) is 5.82 Å². The van der Waals surface area contributed by atoms with Gasteiger partial charge in [0.2, 0.25) is 11.0 Å². The van der Waals surface area contributed by atoms with Crippen LogP contribution in [0.3, 0.4) is 0 Å². The molecule has 1 aliphatic heterocycles. The minimum Gasteiger partial charge on any atom is -0.345 e. The number of nitrogens with zero attached hydrogens (tertiary/aromatic N) is 4. The maximum absolute atomic E-state index is 11.9. The molecule has 1 aromatic heterocycles. The highest BCUT2D eigenvalue weighted by molar-refractivity contribution is 7.09. The first-order valence-electron chi connectivity index (χ1n) is 6.17. The minimum atomic E-state index is -0.416. The van der Waals surface area contributed by atoms with Crippen molar-refractivity contribution in [1.29, 1.82) is 0 Å². The van der Waals surface area contributed by atoms with E-state index in [4.69, 9.17) is 5.73 Å². The third-order valence-corrected chi connectivity index (χ3v) is 3.85. The van der Waals surface area contributed by atoms with Gasteiger partial charge in [0, 0.05) is 37.7 Å². The van der Waals surface area contributed by atoms with Crippen LogP contribution in [0.25, 0.3) is 0 Å². The van der Waals surface area contributed by atoms with E-state index in [0.29, 0.717) is 6.54 Å². The lowest BCUT2D eigenvalue weighted by Gasteiger charge is -2.22. The number of hydrogen-bond acceptors (Lipinski definition) is 6. The van der Waals surface area contributed by atoms with Crippen molar-refractivity contribution in [2.24, 2.45) is 5.73 Å². The molecule has 0 aliphatic carbocycles. The number of hydrogen-bond donors (Lipinski definition) is 1. The Hall–Kier alpha value is -1.21. The van der Waals surface area contributed by atoms with Crippen LogP contribution in [0.15, 0.2) is 0 Å². The van der Waals surface area contributed by atoms with Crippen LogP contribution in [0.4, 0.5) is 5.13 Å². The van der Waals surface area contributed by atoms with Crippen molar-refractivity contribution < 1.29 is 4.79 Å². The number of nitrogens with two attached hydrogens (primary N) is 1. The maximum Gasteiger partial charge on any atom is 0.239 e. The van der Waals surface area contributed by atoms with Crippen LogP contribution < -0.4 is 10.6 Å². The van der Waals surface area contributed by atoms with Gasteiger partial charge >= 0.3 is 0 Å². The Kier molecular flexibility index (Phi) is 4.13. The average Bonchev–Trinajstić information content (AvgIpc) is 2.63. The molecular formula is C11H19N5OS. The van der Waals surface area contributed by atoms with Crippen LogP contribution in [0.1, 0.15) is 19.2 Å². The second-order valence-electron chi connectivity index (χ2n) is 4.58. The molecule has 1 aliphatic rings. The molecule has 18 heavy (non-hydrogen) atoms. The highest BCUT2D eigenvalue weighted by Crippen LogP contribution is 2.18. The molecule has 1 aromatic rings. The monoisotopic (exact) mass is 269 g/mol. The molecule has 1 fully saturated rings. The van der Waals surface area contributed by atoms with E-state index in [9.17, 15) is 4.79 Å². The van der Waals surface area contributed by atoms with Crippen molar-refractivity contribution in [3.63, 3.8) is 0 Å². The Bertz CT molecular complexity index is 419. The quantitative estimate of drug-likeness (QED) is 0.832. The van der Waals surface area contributed by atoms with Crippen molar-refractivity contribution in [2.45, 2.75) is 26.3 Å². The average molecular weight is 269 g/mol. The van der Waals surface area contributed by atoms with Gasteiger partial charge in [-0.25, -0.2) is 4.98 Å². The fraction of sp³-hybridized carbons (Fsp3) is 0.727. The Morgan fingerprint density at radius 1 is 1.39 bits per heavy atom. The van der Waals surface area contributed by atoms with E-state index < -0.39 is 6.04 Å². The molecule has 2 heterocycles. The molecule has 0 unspecified atom stereocenters. The number of aryl methyl sites for hydroxylation is 1. The lowest BCUT2D eigenvalue weighted by molar-refractivity contribution is -0.131. The summed E-state index contributed by atoms with van der Waals surface area (Å²) in [6.45, 7) is 6.82. The Morgan fingerprint density at radius 3 is 2.78 bits per heavy atom. The van der Waals surface area contributed by atoms with Crippen LogP contribution in [-0.4, -0.2) is 52.4 Å². The van der Waals surface area contributed by atoms with Gasteiger partial charge in [0.05, 0.1) is 6.04 Å². The fourth-order valence-electron chi connectivity index (χ4n) is 2.03. The molecule has 100 valence electrons. The Labute approximate surface area is 111 Å². The zero-order chi connectivity index (χ0) is 13.1. The zero-order valence-electron chi connectivity index (χ0n) is 10.8. The first-order chi connectivity index (χ1) is 8.58. The predicted octanol–water partition coefficient (Wildman–Crippen LogP) is 0.232. The smallest absolute Gasteiger partial charge is 0.239 e. The summed E-state index contributed by atoms with van der Waals surface area (Å²) in [4.78, 5) is 20.3. The van der Waals surface area contributed by atoms with Gasteiger partial charge in [-0.05, 0) is 20.3 Å². The summed E-state index contributed by atoms with van der Waals surface area (Å²) in [7, 11) is 0.